The molecule has 0 saturated carbocycles. The van der Waals surface area contributed by atoms with Gasteiger partial charge in [-0.15, -0.1) is 0 Å². The van der Waals surface area contributed by atoms with Crippen LogP contribution in [0.25, 0.3) is 10.9 Å². The molecule has 23 heavy (non-hydrogen) atoms. The molecule has 1 heterocycles. The number of fused-ring (bicyclic) bond motifs is 1. The maximum absolute atomic E-state index is 12.6. The van der Waals surface area contributed by atoms with E-state index in [0.29, 0.717) is 11.3 Å². The zero-order chi connectivity index (χ0) is 16.6. The third kappa shape index (κ3) is 2.92. The lowest BCUT2D eigenvalue weighted by molar-refractivity contribution is 0.0941. The first-order valence-corrected chi connectivity index (χ1v) is 7.95. The number of benzene rings is 2. The molecule has 0 atom stereocenters. The van der Waals surface area contributed by atoms with Gasteiger partial charge in [-0.2, -0.15) is 0 Å². The molecule has 0 aliphatic rings. The fourth-order valence-corrected chi connectivity index (χ4v) is 3.12. The van der Waals surface area contributed by atoms with Crippen molar-refractivity contribution in [2.75, 3.05) is 5.32 Å². The zero-order valence-corrected chi connectivity index (χ0v) is 14.3. The molecule has 0 unspecified atom stereocenters. The van der Waals surface area contributed by atoms with E-state index in [0.717, 1.165) is 20.9 Å². The number of rotatable bonds is 2. The minimum Gasteiger partial charge on any atom is -0.321 e. The average Bonchev–Trinajstić information content (AvgIpc) is 2.90. The molecular formula is C18H15BrN2O2. The number of amides is 1. The van der Waals surface area contributed by atoms with Crippen LogP contribution in [0.2, 0.25) is 0 Å². The molecular weight excluding hydrogens is 356 g/mol. The Morgan fingerprint density at radius 3 is 2.57 bits per heavy atom. The standard InChI is InChI=1S/C18H15BrN2O2/c1-11-7-8-16(15(19)9-11)20-18(23)14-10-21(12(2)22)17-6-4-3-5-13(14)17/h3-10H,1-2H3,(H,20,23). The molecule has 0 radical (unpaired) electrons. The van der Waals surface area contributed by atoms with Crippen LogP contribution in [-0.4, -0.2) is 16.4 Å². The van der Waals surface area contributed by atoms with Crippen molar-refractivity contribution in [1.29, 1.82) is 0 Å². The van der Waals surface area contributed by atoms with Gasteiger partial charge in [-0.1, -0.05) is 24.3 Å². The number of halogens is 1. The summed E-state index contributed by atoms with van der Waals surface area (Å²) in [6.07, 6.45) is 1.59. The lowest BCUT2D eigenvalue weighted by atomic mass is 10.1. The van der Waals surface area contributed by atoms with E-state index in [-0.39, 0.29) is 11.8 Å². The summed E-state index contributed by atoms with van der Waals surface area (Å²) in [6.45, 7) is 3.46. The van der Waals surface area contributed by atoms with E-state index in [4.69, 9.17) is 0 Å². The summed E-state index contributed by atoms with van der Waals surface area (Å²) in [4.78, 5) is 24.4. The van der Waals surface area contributed by atoms with Crippen molar-refractivity contribution in [3.63, 3.8) is 0 Å². The van der Waals surface area contributed by atoms with E-state index < -0.39 is 0 Å². The number of carbonyl (C=O) groups is 2. The molecule has 2 aromatic carbocycles. The van der Waals surface area contributed by atoms with E-state index in [1.807, 2.05) is 49.4 Å². The average molecular weight is 371 g/mol. The maximum atomic E-state index is 12.6. The lowest BCUT2D eigenvalue weighted by Gasteiger charge is -2.07. The van der Waals surface area contributed by atoms with Gasteiger partial charge in [-0.25, -0.2) is 0 Å². The number of hydrogen-bond donors (Lipinski definition) is 1. The van der Waals surface area contributed by atoms with Crippen LogP contribution in [0.1, 0.15) is 27.6 Å². The van der Waals surface area contributed by atoms with Gasteiger partial charge in [0.1, 0.15) is 0 Å². The number of aryl methyl sites for hydroxylation is 1. The van der Waals surface area contributed by atoms with Gasteiger partial charge in [0.25, 0.3) is 5.91 Å². The van der Waals surface area contributed by atoms with Gasteiger partial charge in [0, 0.05) is 23.0 Å². The molecule has 0 saturated heterocycles. The summed E-state index contributed by atoms with van der Waals surface area (Å²) < 4.78 is 2.31. The van der Waals surface area contributed by atoms with Crippen LogP contribution < -0.4 is 5.32 Å². The Bertz CT molecular complexity index is 928. The number of anilines is 1. The highest BCUT2D eigenvalue weighted by atomic mass is 79.9. The molecule has 1 aromatic heterocycles. The maximum Gasteiger partial charge on any atom is 0.257 e. The third-order valence-electron chi connectivity index (χ3n) is 3.67. The van der Waals surface area contributed by atoms with Gasteiger partial charge in [0.2, 0.25) is 5.91 Å². The lowest BCUT2D eigenvalue weighted by Crippen LogP contribution is -2.12. The first-order chi connectivity index (χ1) is 11.0. The van der Waals surface area contributed by atoms with Crippen molar-refractivity contribution >= 4 is 44.3 Å². The van der Waals surface area contributed by atoms with E-state index in [1.165, 1.54) is 11.5 Å². The van der Waals surface area contributed by atoms with Crippen LogP contribution in [-0.2, 0) is 0 Å². The van der Waals surface area contributed by atoms with Crippen LogP contribution in [0.5, 0.6) is 0 Å². The second-order valence-corrected chi connectivity index (χ2v) is 6.24. The molecule has 4 nitrogen and oxygen atoms in total. The molecule has 3 rings (SSSR count). The van der Waals surface area contributed by atoms with Gasteiger partial charge in [0.15, 0.2) is 0 Å². The van der Waals surface area contributed by atoms with E-state index in [2.05, 4.69) is 21.2 Å². The van der Waals surface area contributed by atoms with Crippen molar-refractivity contribution < 1.29 is 9.59 Å². The minimum absolute atomic E-state index is 0.128. The van der Waals surface area contributed by atoms with Crippen LogP contribution in [0, 0.1) is 6.92 Å². The summed E-state index contributed by atoms with van der Waals surface area (Å²) >= 11 is 3.45. The van der Waals surface area contributed by atoms with Crippen molar-refractivity contribution in [1.82, 2.24) is 4.57 Å². The Hall–Kier alpha value is -2.40. The molecule has 116 valence electrons. The fraction of sp³-hybridized carbons (Fsp3) is 0.111. The zero-order valence-electron chi connectivity index (χ0n) is 12.8. The Morgan fingerprint density at radius 2 is 1.87 bits per heavy atom. The highest BCUT2D eigenvalue weighted by molar-refractivity contribution is 9.10. The van der Waals surface area contributed by atoms with Crippen molar-refractivity contribution in [3.05, 3.63) is 64.3 Å². The van der Waals surface area contributed by atoms with Crippen LogP contribution in [0.15, 0.2) is 53.1 Å². The van der Waals surface area contributed by atoms with E-state index in [1.54, 1.807) is 6.20 Å². The molecule has 1 amide bonds. The number of aromatic nitrogens is 1. The molecule has 0 aliphatic heterocycles. The Kier molecular flexibility index (Phi) is 4.05. The SMILES string of the molecule is CC(=O)n1cc(C(=O)Nc2ccc(C)cc2Br)c2ccccc21. The highest BCUT2D eigenvalue weighted by Gasteiger charge is 2.17. The highest BCUT2D eigenvalue weighted by Crippen LogP contribution is 2.26. The normalized spacial score (nSPS) is 10.7. The van der Waals surface area contributed by atoms with Crippen molar-refractivity contribution in [2.24, 2.45) is 0 Å². The molecule has 5 heteroatoms. The topological polar surface area (TPSA) is 51.1 Å². The molecule has 0 aliphatic carbocycles. The van der Waals surface area contributed by atoms with Crippen LogP contribution >= 0.6 is 15.9 Å². The Morgan fingerprint density at radius 1 is 1.13 bits per heavy atom. The largest absolute Gasteiger partial charge is 0.321 e. The monoisotopic (exact) mass is 370 g/mol. The van der Waals surface area contributed by atoms with Crippen molar-refractivity contribution in [3.8, 4) is 0 Å². The summed E-state index contributed by atoms with van der Waals surface area (Å²) in [5, 5.41) is 3.64. The Labute approximate surface area is 142 Å². The van der Waals surface area contributed by atoms with Crippen LogP contribution in [0.4, 0.5) is 5.69 Å². The molecule has 0 bridgehead atoms. The first kappa shape index (κ1) is 15.5. The molecule has 0 fully saturated rings. The van der Waals surface area contributed by atoms with Crippen LogP contribution in [0.3, 0.4) is 0 Å². The summed E-state index contributed by atoms with van der Waals surface area (Å²) in [6, 6.07) is 13.1. The molecule has 0 spiro atoms. The number of carbonyl (C=O) groups excluding carboxylic acids is 2. The number of para-hydroxylation sites is 1. The summed E-state index contributed by atoms with van der Waals surface area (Å²) in [5.41, 5.74) is 3.00. The number of nitrogens with one attached hydrogen (secondary N) is 1. The summed E-state index contributed by atoms with van der Waals surface area (Å²) in [7, 11) is 0. The second-order valence-electron chi connectivity index (χ2n) is 5.39. The number of nitrogens with zero attached hydrogens (tertiary/aromatic N) is 1. The van der Waals surface area contributed by atoms with E-state index >= 15 is 0 Å². The predicted molar refractivity (Wildman–Crippen MR) is 95.1 cm³/mol. The molecule has 3 aromatic rings. The summed E-state index contributed by atoms with van der Waals surface area (Å²) in [5.74, 6) is -0.373. The van der Waals surface area contributed by atoms with Gasteiger partial charge < -0.3 is 5.32 Å². The predicted octanol–water partition coefficient (Wildman–Crippen LogP) is 4.62. The third-order valence-corrected chi connectivity index (χ3v) is 4.32. The number of hydrogen-bond acceptors (Lipinski definition) is 2. The quantitative estimate of drug-likeness (QED) is 0.715. The van der Waals surface area contributed by atoms with Gasteiger partial charge >= 0.3 is 0 Å². The first-order valence-electron chi connectivity index (χ1n) is 7.16. The van der Waals surface area contributed by atoms with Gasteiger partial charge in [0.05, 0.1) is 16.8 Å². The molecule has 1 N–H and O–H groups in total. The van der Waals surface area contributed by atoms with Crippen molar-refractivity contribution in [2.45, 2.75) is 13.8 Å². The fourth-order valence-electron chi connectivity index (χ4n) is 2.53. The minimum atomic E-state index is -0.245. The van der Waals surface area contributed by atoms with E-state index in [9.17, 15) is 9.59 Å². The smallest absolute Gasteiger partial charge is 0.257 e. The Balaban J connectivity index is 2.03. The second kappa shape index (κ2) is 6.01. The van der Waals surface area contributed by atoms with Gasteiger partial charge in [-0.3, -0.25) is 14.2 Å². The van der Waals surface area contributed by atoms with Gasteiger partial charge in [-0.05, 0) is 46.6 Å².